The fourth-order valence-electron chi connectivity index (χ4n) is 0.460. The minimum Gasteiger partial charge on any atom is -0.350 e. The first kappa shape index (κ1) is 8.41. The number of ether oxygens (including phenoxy) is 1. The minimum absolute atomic E-state index is 0.394. The molecular weight excluding hydrogens is 116 g/mol. The van der Waals surface area contributed by atoms with Crippen molar-refractivity contribution in [1.29, 1.82) is 5.26 Å². The molecule has 0 aromatic carbocycles. The summed E-state index contributed by atoms with van der Waals surface area (Å²) in [6.45, 7) is 2.45. The second-order valence-electron chi connectivity index (χ2n) is 1.90. The van der Waals surface area contributed by atoms with E-state index in [0.29, 0.717) is 6.61 Å². The van der Waals surface area contributed by atoms with Crippen LogP contribution in [0, 0.1) is 11.3 Å². The van der Waals surface area contributed by atoms with Crippen LogP contribution < -0.4 is 0 Å². The zero-order valence-corrected chi connectivity index (χ0v) is 6.09. The van der Waals surface area contributed by atoms with Gasteiger partial charge in [0.25, 0.3) is 0 Å². The van der Waals surface area contributed by atoms with Crippen LogP contribution in [0.2, 0.25) is 0 Å². The van der Waals surface area contributed by atoms with Crippen molar-refractivity contribution in [3.05, 3.63) is 0 Å². The Balaban J connectivity index is 3.58. The standard InChI is InChI=1S/C6H12N2O/c1-4-9-6(5-7)8(2)3/h6H,4H2,1-3H3. The molecule has 9 heavy (non-hydrogen) atoms. The summed E-state index contributed by atoms with van der Waals surface area (Å²) >= 11 is 0. The first-order valence-corrected chi connectivity index (χ1v) is 2.90. The quantitative estimate of drug-likeness (QED) is 0.517. The second kappa shape index (κ2) is 4.30. The lowest BCUT2D eigenvalue weighted by Gasteiger charge is -2.15. The fraction of sp³-hybridized carbons (Fsp3) is 0.833. The predicted molar refractivity (Wildman–Crippen MR) is 34.7 cm³/mol. The highest BCUT2D eigenvalue weighted by Gasteiger charge is 2.06. The molecule has 0 heterocycles. The van der Waals surface area contributed by atoms with Crippen molar-refractivity contribution in [3.8, 4) is 6.07 Å². The Labute approximate surface area is 55.8 Å². The van der Waals surface area contributed by atoms with Gasteiger partial charge in [-0.3, -0.25) is 4.90 Å². The molecule has 0 spiro atoms. The predicted octanol–water partition coefficient (Wildman–Crippen LogP) is 0.434. The van der Waals surface area contributed by atoms with Gasteiger partial charge in [-0.1, -0.05) is 0 Å². The third-order valence-corrected chi connectivity index (χ3v) is 0.904. The highest BCUT2D eigenvalue weighted by molar-refractivity contribution is 4.80. The molecule has 0 aromatic heterocycles. The van der Waals surface area contributed by atoms with Crippen LogP contribution in [0.3, 0.4) is 0 Å². The SMILES string of the molecule is CCOC(C#N)N(C)C. The van der Waals surface area contributed by atoms with Crippen LogP contribution in [0.25, 0.3) is 0 Å². The van der Waals surface area contributed by atoms with Crippen molar-refractivity contribution in [2.24, 2.45) is 0 Å². The molecule has 0 radical (unpaired) electrons. The lowest BCUT2D eigenvalue weighted by Crippen LogP contribution is -2.28. The number of hydrogen-bond donors (Lipinski definition) is 0. The van der Waals surface area contributed by atoms with Gasteiger partial charge in [0.1, 0.15) is 6.07 Å². The third kappa shape index (κ3) is 3.07. The smallest absolute Gasteiger partial charge is 0.198 e. The topological polar surface area (TPSA) is 36.3 Å². The Morgan fingerprint density at radius 3 is 2.33 bits per heavy atom. The molecule has 0 aliphatic heterocycles. The van der Waals surface area contributed by atoms with E-state index in [-0.39, 0.29) is 0 Å². The van der Waals surface area contributed by atoms with Crippen LogP contribution in [-0.4, -0.2) is 31.8 Å². The van der Waals surface area contributed by atoms with Crippen molar-refractivity contribution in [1.82, 2.24) is 4.90 Å². The third-order valence-electron chi connectivity index (χ3n) is 0.904. The largest absolute Gasteiger partial charge is 0.350 e. The van der Waals surface area contributed by atoms with Crippen LogP contribution in [-0.2, 0) is 4.74 Å². The summed E-state index contributed by atoms with van der Waals surface area (Å²) in [5.74, 6) is 0. The number of nitriles is 1. The van der Waals surface area contributed by atoms with Crippen molar-refractivity contribution >= 4 is 0 Å². The van der Waals surface area contributed by atoms with E-state index in [0.717, 1.165) is 0 Å². The second-order valence-corrected chi connectivity index (χ2v) is 1.90. The summed E-state index contributed by atoms with van der Waals surface area (Å²) < 4.78 is 5.02. The van der Waals surface area contributed by atoms with Gasteiger partial charge in [0.15, 0.2) is 6.23 Å². The Kier molecular flexibility index (Phi) is 4.02. The van der Waals surface area contributed by atoms with E-state index in [1.807, 2.05) is 27.1 Å². The Bertz CT molecular complexity index is 106. The molecule has 0 rings (SSSR count). The molecule has 1 unspecified atom stereocenters. The van der Waals surface area contributed by atoms with E-state index in [1.165, 1.54) is 0 Å². The summed E-state index contributed by atoms with van der Waals surface area (Å²) in [5.41, 5.74) is 0. The molecular formula is C6H12N2O. The van der Waals surface area contributed by atoms with E-state index in [9.17, 15) is 0 Å². The average Bonchev–Trinajstić information content (AvgIpc) is 1.82. The van der Waals surface area contributed by atoms with Gasteiger partial charge in [-0.05, 0) is 21.0 Å². The number of rotatable bonds is 3. The van der Waals surface area contributed by atoms with Gasteiger partial charge >= 0.3 is 0 Å². The zero-order valence-electron chi connectivity index (χ0n) is 6.09. The van der Waals surface area contributed by atoms with Gasteiger partial charge in [0.2, 0.25) is 0 Å². The average molecular weight is 128 g/mol. The molecule has 0 aromatic rings. The molecule has 0 aliphatic rings. The summed E-state index contributed by atoms with van der Waals surface area (Å²) in [6, 6.07) is 2.01. The Morgan fingerprint density at radius 1 is 1.67 bits per heavy atom. The molecule has 0 saturated carbocycles. The van der Waals surface area contributed by atoms with E-state index in [1.54, 1.807) is 4.90 Å². The molecule has 3 heteroatoms. The first-order chi connectivity index (χ1) is 4.22. The molecule has 1 atom stereocenters. The van der Waals surface area contributed by atoms with Gasteiger partial charge < -0.3 is 4.74 Å². The van der Waals surface area contributed by atoms with E-state index >= 15 is 0 Å². The lowest BCUT2D eigenvalue weighted by molar-refractivity contribution is 0.0103. The maximum Gasteiger partial charge on any atom is 0.198 e. The fourth-order valence-corrected chi connectivity index (χ4v) is 0.460. The maximum absolute atomic E-state index is 8.41. The van der Waals surface area contributed by atoms with Gasteiger partial charge in [-0.2, -0.15) is 5.26 Å². The summed E-state index contributed by atoms with van der Waals surface area (Å²) in [6.07, 6.45) is -0.394. The lowest BCUT2D eigenvalue weighted by atomic mass is 10.6. The summed E-state index contributed by atoms with van der Waals surface area (Å²) in [5, 5.41) is 8.41. The monoisotopic (exact) mass is 128 g/mol. The van der Waals surface area contributed by atoms with Gasteiger partial charge in [0.05, 0.1) is 0 Å². The molecule has 0 bridgehead atoms. The molecule has 0 aliphatic carbocycles. The van der Waals surface area contributed by atoms with Crippen molar-refractivity contribution in [3.63, 3.8) is 0 Å². The molecule has 0 saturated heterocycles. The number of hydrogen-bond acceptors (Lipinski definition) is 3. The normalized spacial score (nSPS) is 13.2. The highest BCUT2D eigenvalue weighted by atomic mass is 16.5. The Hall–Kier alpha value is -0.590. The van der Waals surface area contributed by atoms with Crippen LogP contribution in [0.5, 0.6) is 0 Å². The first-order valence-electron chi connectivity index (χ1n) is 2.90. The van der Waals surface area contributed by atoms with Gasteiger partial charge in [0, 0.05) is 6.61 Å². The van der Waals surface area contributed by atoms with Crippen LogP contribution in [0.15, 0.2) is 0 Å². The van der Waals surface area contributed by atoms with Gasteiger partial charge in [-0.15, -0.1) is 0 Å². The minimum atomic E-state index is -0.394. The molecule has 3 nitrogen and oxygen atoms in total. The molecule has 0 amide bonds. The summed E-state index contributed by atoms with van der Waals surface area (Å²) in [7, 11) is 3.62. The zero-order chi connectivity index (χ0) is 7.28. The highest BCUT2D eigenvalue weighted by Crippen LogP contribution is 1.91. The summed E-state index contributed by atoms with van der Waals surface area (Å²) in [4.78, 5) is 1.73. The van der Waals surface area contributed by atoms with Crippen molar-refractivity contribution in [2.45, 2.75) is 13.2 Å². The van der Waals surface area contributed by atoms with Crippen LogP contribution in [0.1, 0.15) is 6.92 Å². The van der Waals surface area contributed by atoms with Gasteiger partial charge in [-0.25, -0.2) is 0 Å². The van der Waals surface area contributed by atoms with E-state index in [2.05, 4.69) is 0 Å². The van der Waals surface area contributed by atoms with Crippen molar-refractivity contribution in [2.75, 3.05) is 20.7 Å². The molecule has 52 valence electrons. The molecule has 0 N–H and O–H groups in total. The molecule has 0 fully saturated rings. The van der Waals surface area contributed by atoms with Crippen molar-refractivity contribution < 1.29 is 4.74 Å². The number of nitrogens with zero attached hydrogens (tertiary/aromatic N) is 2. The maximum atomic E-state index is 8.41. The van der Waals surface area contributed by atoms with E-state index in [4.69, 9.17) is 10.00 Å². The van der Waals surface area contributed by atoms with Crippen LogP contribution in [0.4, 0.5) is 0 Å². The Morgan fingerprint density at radius 2 is 2.22 bits per heavy atom. The van der Waals surface area contributed by atoms with E-state index < -0.39 is 6.23 Å². The van der Waals surface area contributed by atoms with Crippen LogP contribution >= 0.6 is 0 Å².